The number of phenols is 1. The maximum Gasteiger partial charge on any atom is 0.411 e. The molecule has 3 N–H and O–H groups in total. The first-order chi connectivity index (χ1) is 16.9. The van der Waals surface area contributed by atoms with Gasteiger partial charge in [-0.25, -0.2) is 9.59 Å². The molecule has 8 heteroatoms. The number of aromatic hydroxyl groups is 1. The maximum absolute atomic E-state index is 12.0. The Morgan fingerprint density at radius 1 is 0.971 bits per heavy atom. The van der Waals surface area contributed by atoms with Crippen LogP contribution in [-0.4, -0.2) is 46.2 Å². The molecule has 35 heavy (non-hydrogen) atoms. The van der Waals surface area contributed by atoms with Gasteiger partial charge in [0.2, 0.25) is 0 Å². The standard InChI is InChI=1S/C27H39NO6S/c1-2-3-4-5-6-7-8-9-10-11-12-13-19-35-21-23(29)15-14-18-34-27(33)28-22-16-17-25(30)24(20-22)26(31)32/h16-17,20,30H,4-15,18-19,21H2,1H3,(H,28,33)(H,31,32). The molecule has 0 aromatic heterocycles. The van der Waals surface area contributed by atoms with E-state index in [9.17, 15) is 19.5 Å². The van der Waals surface area contributed by atoms with Crippen LogP contribution in [0.4, 0.5) is 10.5 Å². The zero-order valence-corrected chi connectivity index (χ0v) is 21.6. The van der Waals surface area contributed by atoms with Gasteiger partial charge >= 0.3 is 12.1 Å². The van der Waals surface area contributed by atoms with Crippen molar-refractivity contribution in [3.63, 3.8) is 0 Å². The fraction of sp³-hybridized carbons (Fsp3) is 0.593. The lowest BCUT2D eigenvalue weighted by molar-refractivity contribution is -0.116. The number of carbonyl (C=O) groups excluding carboxylic acids is 2. The van der Waals surface area contributed by atoms with Gasteiger partial charge in [-0.15, -0.1) is 11.8 Å². The number of hydrogen-bond acceptors (Lipinski definition) is 6. The highest BCUT2D eigenvalue weighted by Crippen LogP contribution is 2.21. The number of Topliss-reactive ketones (excluding diaryl/α,β-unsaturated/α-hetero) is 1. The molecule has 0 aliphatic rings. The predicted octanol–water partition coefficient (Wildman–Crippen LogP) is 6.65. The second kappa shape index (κ2) is 19.6. The van der Waals surface area contributed by atoms with Crippen molar-refractivity contribution in [2.75, 3.05) is 23.4 Å². The van der Waals surface area contributed by atoms with Crippen molar-refractivity contribution in [3.8, 4) is 17.6 Å². The average molecular weight is 506 g/mol. The predicted molar refractivity (Wildman–Crippen MR) is 141 cm³/mol. The number of anilines is 1. The summed E-state index contributed by atoms with van der Waals surface area (Å²) in [6, 6.07) is 3.70. The number of ketones is 1. The maximum atomic E-state index is 12.0. The Balaban J connectivity index is 1.95. The number of amides is 1. The second-order valence-electron chi connectivity index (χ2n) is 8.35. The van der Waals surface area contributed by atoms with Gasteiger partial charge in [0.15, 0.2) is 0 Å². The molecule has 1 aromatic rings. The van der Waals surface area contributed by atoms with Gasteiger partial charge < -0.3 is 14.9 Å². The van der Waals surface area contributed by atoms with Crippen molar-refractivity contribution in [2.24, 2.45) is 0 Å². The number of thioether (sulfide) groups is 1. The van der Waals surface area contributed by atoms with E-state index in [-0.39, 0.29) is 29.4 Å². The van der Waals surface area contributed by atoms with Crippen LogP contribution in [0.15, 0.2) is 18.2 Å². The third-order valence-corrected chi connectivity index (χ3v) is 6.44. The summed E-state index contributed by atoms with van der Waals surface area (Å²) in [5.74, 6) is 5.98. The van der Waals surface area contributed by atoms with E-state index >= 15 is 0 Å². The minimum Gasteiger partial charge on any atom is -0.507 e. The number of ether oxygens (including phenoxy) is 1. The first kappa shape index (κ1) is 30.4. The fourth-order valence-electron chi connectivity index (χ4n) is 3.41. The molecule has 0 atom stereocenters. The molecule has 7 nitrogen and oxygen atoms in total. The molecule has 1 aromatic carbocycles. The third-order valence-electron chi connectivity index (χ3n) is 5.34. The smallest absolute Gasteiger partial charge is 0.411 e. The number of carboxylic acids is 1. The van der Waals surface area contributed by atoms with Gasteiger partial charge in [-0.2, -0.15) is 11.8 Å². The minimum absolute atomic E-state index is 0.0962. The summed E-state index contributed by atoms with van der Waals surface area (Å²) < 4.78 is 5.03. The van der Waals surface area contributed by atoms with Gasteiger partial charge in [0, 0.05) is 18.5 Å². The minimum atomic E-state index is -1.30. The molecule has 0 aliphatic heterocycles. The summed E-state index contributed by atoms with van der Waals surface area (Å²) in [5, 5.41) is 20.9. The van der Waals surface area contributed by atoms with Crippen molar-refractivity contribution >= 4 is 35.3 Å². The highest BCUT2D eigenvalue weighted by atomic mass is 32.2. The van der Waals surface area contributed by atoms with Crippen LogP contribution in [0.3, 0.4) is 0 Å². The van der Waals surface area contributed by atoms with Gasteiger partial charge in [-0.3, -0.25) is 10.1 Å². The van der Waals surface area contributed by atoms with Crippen molar-refractivity contribution < 1.29 is 29.3 Å². The van der Waals surface area contributed by atoms with Crippen molar-refractivity contribution in [2.45, 2.75) is 84.0 Å². The highest BCUT2D eigenvalue weighted by molar-refractivity contribution is 7.99. The highest BCUT2D eigenvalue weighted by Gasteiger charge is 2.12. The quantitative estimate of drug-likeness (QED) is 0.110. The third kappa shape index (κ3) is 15.8. The van der Waals surface area contributed by atoms with E-state index in [0.717, 1.165) is 24.7 Å². The first-order valence-corrected chi connectivity index (χ1v) is 13.6. The summed E-state index contributed by atoms with van der Waals surface area (Å²) in [7, 11) is 0. The molecule has 1 amide bonds. The van der Waals surface area contributed by atoms with Crippen molar-refractivity contribution in [1.29, 1.82) is 0 Å². The van der Waals surface area contributed by atoms with E-state index in [0.29, 0.717) is 18.6 Å². The number of nitrogens with one attached hydrogen (secondary N) is 1. The monoisotopic (exact) mass is 505 g/mol. The molecular weight excluding hydrogens is 466 g/mol. The van der Waals surface area contributed by atoms with E-state index in [2.05, 4.69) is 17.2 Å². The summed E-state index contributed by atoms with van der Waals surface area (Å²) in [4.78, 5) is 34.8. The number of rotatable bonds is 19. The van der Waals surface area contributed by atoms with Crippen LogP contribution in [0, 0.1) is 11.8 Å². The van der Waals surface area contributed by atoms with Crippen LogP contribution in [-0.2, 0) is 9.53 Å². The van der Waals surface area contributed by atoms with E-state index in [1.54, 1.807) is 11.8 Å². The number of benzene rings is 1. The van der Waals surface area contributed by atoms with Gasteiger partial charge in [0.05, 0.1) is 12.4 Å². The number of unbranched alkanes of at least 4 members (excludes halogenated alkanes) is 9. The summed E-state index contributed by atoms with van der Waals surface area (Å²) in [6.07, 6.45) is 12.4. The van der Waals surface area contributed by atoms with Crippen LogP contribution < -0.4 is 5.32 Å². The SMILES string of the molecule is CC#CCCCCCCCCCCCSCC(=O)CCCOC(=O)Nc1ccc(O)c(C(=O)O)c1. The zero-order valence-electron chi connectivity index (χ0n) is 20.8. The topological polar surface area (TPSA) is 113 Å². The molecule has 0 saturated carbocycles. The van der Waals surface area contributed by atoms with E-state index in [1.165, 1.54) is 63.5 Å². The summed E-state index contributed by atoms with van der Waals surface area (Å²) >= 11 is 1.66. The number of carbonyl (C=O) groups is 3. The molecule has 0 aliphatic carbocycles. The van der Waals surface area contributed by atoms with Gasteiger partial charge in [-0.1, -0.05) is 44.9 Å². The van der Waals surface area contributed by atoms with Crippen LogP contribution >= 0.6 is 11.8 Å². The Labute approximate surface area is 213 Å². The molecule has 0 heterocycles. The molecule has 0 unspecified atom stereocenters. The van der Waals surface area contributed by atoms with E-state index in [4.69, 9.17) is 9.84 Å². The Morgan fingerprint density at radius 3 is 2.29 bits per heavy atom. The number of carboxylic acid groups (broad SMARTS) is 1. The number of aromatic carboxylic acids is 1. The van der Waals surface area contributed by atoms with Gasteiger partial charge in [-0.05, 0) is 50.1 Å². The first-order valence-electron chi connectivity index (χ1n) is 12.4. The van der Waals surface area contributed by atoms with Gasteiger partial charge in [0.25, 0.3) is 0 Å². The van der Waals surface area contributed by atoms with Gasteiger partial charge in [0.1, 0.15) is 17.1 Å². The van der Waals surface area contributed by atoms with Crippen LogP contribution in [0.25, 0.3) is 0 Å². The van der Waals surface area contributed by atoms with E-state index < -0.39 is 12.1 Å². The Morgan fingerprint density at radius 2 is 1.63 bits per heavy atom. The molecule has 194 valence electrons. The molecule has 0 spiro atoms. The van der Waals surface area contributed by atoms with Crippen LogP contribution in [0.5, 0.6) is 5.75 Å². The molecule has 0 radical (unpaired) electrons. The summed E-state index contributed by atoms with van der Waals surface area (Å²) in [5.41, 5.74) is -0.114. The largest absolute Gasteiger partial charge is 0.507 e. The number of hydrogen-bond donors (Lipinski definition) is 3. The average Bonchev–Trinajstić information content (AvgIpc) is 2.83. The van der Waals surface area contributed by atoms with Crippen molar-refractivity contribution in [3.05, 3.63) is 23.8 Å². The normalized spacial score (nSPS) is 10.3. The van der Waals surface area contributed by atoms with Crippen molar-refractivity contribution in [1.82, 2.24) is 0 Å². The van der Waals surface area contributed by atoms with E-state index in [1.807, 2.05) is 6.92 Å². The second-order valence-corrected chi connectivity index (χ2v) is 9.46. The lowest BCUT2D eigenvalue weighted by Gasteiger charge is -2.08. The Kier molecular flexibility index (Phi) is 17.0. The zero-order chi connectivity index (χ0) is 25.7. The molecule has 0 fully saturated rings. The Hall–Kier alpha value is -2.66. The molecule has 1 rings (SSSR count). The Bertz CT molecular complexity index is 846. The molecule has 0 saturated heterocycles. The lowest BCUT2D eigenvalue weighted by atomic mass is 10.1. The van der Waals surface area contributed by atoms with Crippen LogP contribution in [0.1, 0.15) is 94.3 Å². The summed E-state index contributed by atoms with van der Waals surface area (Å²) in [6.45, 7) is 1.99. The van der Waals surface area contributed by atoms with Crippen LogP contribution in [0.2, 0.25) is 0 Å². The molecular formula is C27H39NO6S. The lowest BCUT2D eigenvalue weighted by Crippen LogP contribution is -2.15. The molecule has 0 bridgehead atoms. The fourth-order valence-corrected chi connectivity index (χ4v) is 4.34.